The monoisotopic (exact) mass is 474 g/mol. The first kappa shape index (κ1) is 24.0. The molecule has 7 nitrogen and oxygen atoms in total. The third kappa shape index (κ3) is 4.71. The lowest BCUT2D eigenvalue weighted by atomic mass is 9.81. The van der Waals surface area contributed by atoms with Crippen LogP contribution in [-0.2, 0) is 4.79 Å². The molecule has 176 valence electrons. The van der Waals surface area contributed by atoms with Crippen LogP contribution < -0.4 is 0 Å². The number of carbonyl (C=O) groups excluding carboxylic acids is 1. The van der Waals surface area contributed by atoms with Gasteiger partial charge in [-0.05, 0) is 42.5 Å². The van der Waals surface area contributed by atoms with Crippen molar-refractivity contribution in [3.05, 3.63) is 54.4 Å². The number of aromatic nitrogens is 4. The van der Waals surface area contributed by atoms with Crippen molar-refractivity contribution in [2.75, 3.05) is 12.8 Å². The van der Waals surface area contributed by atoms with Crippen LogP contribution in [0.15, 0.2) is 53.9 Å². The van der Waals surface area contributed by atoms with Gasteiger partial charge in [-0.1, -0.05) is 63.1 Å². The largest absolute Gasteiger partial charge is 0.326 e. The maximum Gasteiger partial charge on any atom is 0.234 e. The molecule has 0 atom stereocenters. The zero-order chi connectivity index (χ0) is 24.1. The van der Waals surface area contributed by atoms with Gasteiger partial charge in [0.15, 0.2) is 11.0 Å². The lowest BCUT2D eigenvalue weighted by molar-refractivity contribution is -0.131. The third-order valence-electron chi connectivity index (χ3n) is 6.58. The Labute approximate surface area is 205 Å². The summed E-state index contributed by atoms with van der Waals surface area (Å²) in [7, 11) is 1.76. The molecule has 2 aromatic heterocycles. The molecule has 0 unspecified atom stereocenters. The normalized spacial score (nSPS) is 15.1. The van der Waals surface area contributed by atoms with Crippen molar-refractivity contribution < 1.29 is 4.79 Å². The molecular weight excluding hydrogens is 444 g/mol. The summed E-state index contributed by atoms with van der Waals surface area (Å²) < 4.78 is 2.02. The number of hydrogen-bond donors (Lipinski definition) is 0. The molecule has 0 bridgehead atoms. The van der Waals surface area contributed by atoms with Gasteiger partial charge < -0.3 is 4.90 Å². The van der Waals surface area contributed by atoms with Gasteiger partial charge in [0.2, 0.25) is 5.91 Å². The maximum absolute atomic E-state index is 13.2. The standard InChI is InChI=1S/C26H30N6OS/c1-19(2)21-11-5-6-12-22(21)32-24(20-10-9-15-28-16-20)29-30-25(32)34-17-23(33)31(3)26(18-27)13-7-4-8-14-26/h5-6,9-12,15-16,19H,4,7-8,13-14,17H2,1-3H3. The molecule has 1 aromatic carbocycles. The molecule has 0 spiro atoms. The Hall–Kier alpha value is -3.18. The molecule has 1 aliphatic rings. The van der Waals surface area contributed by atoms with E-state index in [2.05, 4.69) is 47.2 Å². The predicted molar refractivity (Wildman–Crippen MR) is 134 cm³/mol. The van der Waals surface area contributed by atoms with E-state index in [0.29, 0.717) is 16.9 Å². The van der Waals surface area contributed by atoms with Gasteiger partial charge >= 0.3 is 0 Å². The number of nitriles is 1. The molecule has 34 heavy (non-hydrogen) atoms. The van der Waals surface area contributed by atoms with E-state index in [0.717, 1.165) is 43.4 Å². The van der Waals surface area contributed by atoms with Gasteiger partial charge in [0, 0.05) is 25.0 Å². The van der Waals surface area contributed by atoms with E-state index >= 15 is 0 Å². The first-order chi connectivity index (χ1) is 16.5. The zero-order valence-electron chi connectivity index (χ0n) is 19.9. The number of para-hydroxylation sites is 1. The molecule has 1 aliphatic carbocycles. The summed E-state index contributed by atoms with van der Waals surface area (Å²) in [5, 5.41) is 19.5. The lowest BCUT2D eigenvalue weighted by Gasteiger charge is -2.39. The number of nitrogens with zero attached hydrogens (tertiary/aromatic N) is 6. The molecule has 1 saturated carbocycles. The Morgan fingerprint density at radius 3 is 2.62 bits per heavy atom. The van der Waals surface area contributed by atoms with E-state index in [9.17, 15) is 10.1 Å². The van der Waals surface area contributed by atoms with Crippen LogP contribution in [0.25, 0.3) is 17.1 Å². The van der Waals surface area contributed by atoms with Gasteiger partial charge in [0.05, 0.1) is 17.5 Å². The fourth-order valence-corrected chi connectivity index (χ4v) is 5.42. The maximum atomic E-state index is 13.2. The van der Waals surface area contributed by atoms with Crippen molar-refractivity contribution in [3.8, 4) is 23.1 Å². The van der Waals surface area contributed by atoms with Gasteiger partial charge in [-0.15, -0.1) is 10.2 Å². The third-order valence-corrected chi connectivity index (χ3v) is 7.50. The van der Waals surface area contributed by atoms with E-state index in [1.54, 1.807) is 24.3 Å². The minimum Gasteiger partial charge on any atom is -0.326 e. The van der Waals surface area contributed by atoms with Crippen molar-refractivity contribution in [1.29, 1.82) is 5.26 Å². The molecule has 0 radical (unpaired) electrons. The van der Waals surface area contributed by atoms with Gasteiger partial charge in [-0.25, -0.2) is 0 Å². The SMILES string of the molecule is CC(C)c1ccccc1-n1c(SCC(=O)N(C)C2(C#N)CCCCC2)nnc1-c1cccnc1. The van der Waals surface area contributed by atoms with Crippen LogP contribution in [-0.4, -0.2) is 48.9 Å². The smallest absolute Gasteiger partial charge is 0.234 e. The van der Waals surface area contributed by atoms with Gasteiger partial charge in [0.25, 0.3) is 0 Å². The Balaban J connectivity index is 1.66. The van der Waals surface area contributed by atoms with E-state index in [1.807, 2.05) is 28.8 Å². The van der Waals surface area contributed by atoms with Gasteiger partial charge in [-0.2, -0.15) is 5.26 Å². The van der Waals surface area contributed by atoms with Crippen LogP contribution in [0.4, 0.5) is 0 Å². The van der Waals surface area contributed by atoms with E-state index in [-0.39, 0.29) is 11.7 Å². The molecule has 2 heterocycles. The molecule has 0 N–H and O–H groups in total. The minimum atomic E-state index is -0.700. The Morgan fingerprint density at radius 2 is 1.94 bits per heavy atom. The highest BCUT2D eigenvalue weighted by Crippen LogP contribution is 2.35. The second-order valence-corrected chi connectivity index (χ2v) is 9.98. The lowest BCUT2D eigenvalue weighted by Crippen LogP contribution is -2.50. The summed E-state index contributed by atoms with van der Waals surface area (Å²) in [6.45, 7) is 4.31. The number of carbonyl (C=O) groups is 1. The molecule has 1 fully saturated rings. The van der Waals surface area contributed by atoms with E-state index in [1.165, 1.54) is 17.3 Å². The first-order valence-electron chi connectivity index (χ1n) is 11.7. The second kappa shape index (κ2) is 10.4. The quantitative estimate of drug-likeness (QED) is 0.436. The van der Waals surface area contributed by atoms with Crippen LogP contribution in [0.3, 0.4) is 0 Å². The summed E-state index contributed by atoms with van der Waals surface area (Å²) in [5.74, 6) is 1.11. The van der Waals surface area contributed by atoms with Crippen LogP contribution in [0.5, 0.6) is 0 Å². The number of thioether (sulfide) groups is 1. The molecule has 4 rings (SSSR count). The van der Waals surface area contributed by atoms with Crippen LogP contribution >= 0.6 is 11.8 Å². The second-order valence-electron chi connectivity index (χ2n) is 9.04. The summed E-state index contributed by atoms with van der Waals surface area (Å²) in [6, 6.07) is 14.5. The average Bonchev–Trinajstić information content (AvgIpc) is 3.31. The summed E-state index contributed by atoms with van der Waals surface area (Å²) in [5.41, 5.74) is 2.32. The van der Waals surface area contributed by atoms with Crippen molar-refractivity contribution in [2.24, 2.45) is 0 Å². The highest BCUT2D eigenvalue weighted by molar-refractivity contribution is 7.99. The number of rotatable bonds is 7. The van der Waals surface area contributed by atoms with Crippen molar-refractivity contribution in [1.82, 2.24) is 24.6 Å². The fourth-order valence-electron chi connectivity index (χ4n) is 4.56. The number of hydrogen-bond acceptors (Lipinski definition) is 6. The van der Waals surface area contributed by atoms with Crippen molar-refractivity contribution in [2.45, 2.75) is 62.6 Å². The van der Waals surface area contributed by atoms with E-state index < -0.39 is 5.54 Å². The Morgan fingerprint density at radius 1 is 1.18 bits per heavy atom. The summed E-state index contributed by atoms with van der Waals surface area (Å²) in [4.78, 5) is 19.1. The van der Waals surface area contributed by atoms with Crippen molar-refractivity contribution in [3.63, 3.8) is 0 Å². The van der Waals surface area contributed by atoms with Crippen LogP contribution in [0.1, 0.15) is 57.4 Å². The molecule has 8 heteroatoms. The van der Waals surface area contributed by atoms with Crippen LogP contribution in [0.2, 0.25) is 0 Å². The van der Waals surface area contributed by atoms with Gasteiger partial charge in [0.1, 0.15) is 5.54 Å². The minimum absolute atomic E-state index is 0.0666. The zero-order valence-corrected chi connectivity index (χ0v) is 20.8. The summed E-state index contributed by atoms with van der Waals surface area (Å²) >= 11 is 1.36. The number of benzene rings is 1. The highest BCUT2D eigenvalue weighted by Gasteiger charge is 2.38. The van der Waals surface area contributed by atoms with E-state index in [4.69, 9.17) is 0 Å². The molecule has 1 amide bonds. The Bertz CT molecular complexity index is 1180. The predicted octanol–water partition coefficient (Wildman–Crippen LogP) is 5.23. The molecule has 0 saturated heterocycles. The fraction of sp³-hybridized carbons (Fsp3) is 0.423. The van der Waals surface area contributed by atoms with Crippen molar-refractivity contribution >= 4 is 17.7 Å². The number of amides is 1. The molecular formula is C26H30N6OS. The topological polar surface area (TPSA) is 87.7 Å². The average molecular weight is 475 g/mol. The molecule has 0 aliphatic heterocycles. The highest BCUT2D eigenvalue weighted by atomic mass is 32.2. The van der Waals surface area contributed by atoms with Gasteiger partial charge in [-0.3, -0.25) is 14.3 Å². The van der Waals surface area contributed by atoms with Crippen LogP contribution in [0, 0.1) is 11.3 Å². The summed E-state index contributed by atoms with van der Waals surface area (Å²) in [6.07, 6.45) is 8.05. The molecule has 3 aromatic rings. The Kier molecular flexibility index (Phi) is 7.32. The first-order valence-corrected chi connectivity index (χ1v) is 12.7. The number of pyridine rings is 1.